The lowest BCUT2D eigenvalue weighted by atomic mass is 10.1. The Hall–Kier alpha value is -3.68. The number of aromatic amines is 1. The van der Waals surface area contributed by atoms with Crippen LogP contribution in [0.15, 0.2) is 47.4 Å². The van der Waals surface area contributed by atoms with Crippen LogP contribution in [0.4, 0.5) is 5.82 Å². The largest absolute Gasteiger partial charge is 0.439 e. The molecule has 0 unspecified atom stereocenters. The summed E-state index contributed by atoms with van der Waals surface area (Å²) in [7, 11) is 0. The Balaban J connectivity index is 1.52. The molecule has 0 saturated heterocycles. The van der Waals surface area contributed by atoms with Crippen molar-refractivity contribution in [1.29, 1.82) is 0 Å². The molecule has 0 spiro atoms. The molecule has 4 rings (SSSR count). The third-order valence-corrected chi connectivity index (χ3v) is 4.59. The number of aryl methyl sites for hydroxylation is 2. The molecule has 0 fully saturated rings. The highest BCUT2D eigenvalue weighted by Gasteiger charge is 2.13. The lowest BCUT2D eigenvalue weighted by Gasteiger charge is -2.07. The summed E-state index contributed by atoms with van der Waals surface area (Å²) >= 11 is 0. The van der Waals surface area contributed by atoms with Crippen molar-refractivity contribution < 1.29 is 4.74 Å². The Kier molecular flexibility index (Phi) is 4.99. The van der Waals surface area contributed by atoms with Gasteiger partial charge in [-0.3, -0.25) is 4.57 Å². The number of aromatic nitrogens is 5. The minimum atomic E-state index is -0.293. The molecule has 0 amide bonds. The smallest absolute Gasteiger partial charge is 0.328 e. The first-order valence-electron chi connectivity index (χ1n) is 9.48. The fourth-order valence-electron chi connectivity index (χ4n) is 3.19. The number of fused-ring (bicyclic) bond motifs is 1. The number of H-pyrrole nitrogens is 1. The van der Waals surface area contributed by atoms with E-state index in [9.17, 15) is 4.79 Å². The second-order valence-electron chi connectivity index (χ2n) is 6.87. The maximum Gasteiger partial charge on any atom is 0.328 e. The molecular formula is C21H22N6O2. The average molecular weight is 390 g/mol. The summed E-state index contributed by atoms with van der Waals surface area (Å²) in [6.07, 6.45) is 3.85. The molecule has 0 aliphatic rings. The van der Waals surface area contributed by atoms with Crippen LogP contribution in [0.5, 0.6) is 11.6 Å². The fourth-order valence-corrected chi connectivity index (χ4v) is 3.19. The topological polar surface area (TPSA) is 112 Å². The molecule has 0 radical (unpaired) electrons. The summed E-state index contributed by atoms with van der Waals surface area (Å²) in [6.45, 7) is 4.21. The van der Waals surface area contributed by atoms with Gasteiger partial charge in [0.25, 0.3) is 0 Å². The van der Waals surface area contributed by atoms with Gasteiger partial charge in [0.1, 0.15) is 17.1 Å². The van der Waals surface area contributed by atoms with Gasteiger partial charge < -0.3 is 15.5 Å². The molecule has 3 heterocycles. The molecular weight excluding hydrogens is 368 g/mol. The Bertz CT molecular complexity index is 1190. The molecule has 3 N–H and O–H groups in total. The van der Waals surface area contributed by atoms with E-state index in [4.69, 9.17) is 10.5 Å². The number of nitrogens with two attached hydrogens (primary N) is 1. The zero-order chi connectivity index (χ0) is 20.4. The number of ether oxygens (including phenoxy) is 1. The van der Waals surface area contributed by atoms with Crippen molar-refractivity contribution in [3.63, 3.8) is 0 Å². The van der Waals surface area contributed by atoms with Crippen molar-refractivity contribution in [3.05, 3.63) is 70.0 Å². The summed E-state index contributed by atoms with van der Waals surface area (Å²) in [5.41, 5.74) is 8.65. The van der Waals surface area contributed by atoms with Crippen LogP contribution in [-0.2, 0) is 13.0 Å². The Morgan fingerprint density at radius 1 is 1.10 bits per heavy atom. The second-order valence-corrected chi connectivity index (χ2v) is 6.87. The number of nitrogens with one attached hydrogen (secondary N) is 1. The molecule has 3 aromatic heterocycles. The molecule has 8 nitrogen and oxygen atoms in total. The standard InChI is InChI=1S/C21H22N6O2/c1-3-4-14-5-8-16(9-6-14)29-17-10-7-15(11-23-17)12-27-20-18(26-21(27)28)19(22)24-13(2)25-20/h5-11H,3-4,12H2,1-2H3,(H,26,28)(H2,22,24,25). The SMILES string of the molecule is CCCc1ccc(Oc2ccc(Cn3c(=O)[nH]c4c(N)nc(C)nc43)cn2)cc1. The van der Waals surface area contributed by atoms with Crippen LogP contribution >= 0.6 is 0 Å². The highest BCUT2D eigenvalue weighted by molar-refractivity contribution is 5.81. The Labute approximate surface area is 167 Å². The van der Waals surface area contributed by atoms with E-state index < -0.39 is 0 Å². The van der Waals surface area contributed by atoms with Crippen LogP contribution in [0.1, 0.15) is 30.3 Å². The summed E-state index contributed by atoms with van der Waals surface area (Å²) in [5.74, 6) is 2.00. The first kappa shape index (κ1) is 18.7. The van der Waals surface area contributed by atoms with Crippen LogP contribution in [0.25, 0.3) is 11.2 Å². The minimum Gasteiger partial charge on any atom is -0.439 e. The van der Waals surface area contributed by atoms with Crippen LogP contribution in [0, 0.1) is 6.92 Å². The van der Waals surface area contributed by atoms with Crippen molar-refractivity contribution in [1.82, 2.24) is 24.5 Å². The third-order valence-electron chi connectivity index (χ3n) is 4.59. The molecule has 1 aromatic carbocycles. The number of rotatable bonds is 6. The maximum atomic E-state index is 12.3. The van der Waals surface area contributed by atoms with Crippen molar-refractivity contribution in [2.75, 3.05) is 5.73 Å². The van der Waals surface area contributed by atoms with E-state index in [1.807, 2.05) is 18.2 Å². The minimum absolute atomic E-state index is 0.259. The lowest BCUT2D eigenvalue weighted by molar-refractivity contribution is 0.462. The molecule has 148 valence electrons. The first-order valence-corrected chi connectivity index (χ1v) is 9.48. The number of nitrogens with zero attached hydrogens (tertiary/aromatic N) is 4. The van der Waals surface area contributed by atoms with E-state index in [0.29, 0.717) is 29.4 Å². The maximum absolute atomic E-state index is 12.3. The predicted molar refractivity (Wildman–Crippen MR) is 111 cm³/mol. The molecule has 0 aliphatic heterocycles. The number of hydrogen-bond acceptors (Lipinski definition) is 6. The van der Waals surface area contributed by atoms with E-state index >= 15 is 0 Å². The molecule has 29 heavy (non-hydrogen) atoms. The van der Waals surface area contributed by atoms with E-state index in [-0.39, 0.29) is 11.5 Å². The van der Waals surface area contributed by atoms with Gasteiger partial charge in [0.15, 0.2) is 11.5 Å². The normalized spacial score (nSPS) is 11.1. The summed E-state index contributed by atoms with van der Waals surface area (Å²) in [6, 6.07) is 11.7. The third kappa shape index (κ3) is 3.96. The summed E-state index contributed by atoms with van der Waals surface area (Å²) in [4.78, 5) is 27.8. The number of hydrogen-bond donors (Lipinski definition) is 2. The van der Waals surface area contributed by atoms with Crippen LogP contribution < -0.4 is 16.2 Å². The van der Waals surface area contributed by atoms with Crippen molar-refractivity contribution >= 4 is 17.0 Å². The molecule has 0 bridgehead atoms. The predicted octanol–water partition coefficient (Wildman–Crippen LogP) is 3.20. The van der Waals surface area contributed by atoms with Crippen molar-refractivity contribution in [2.45, 2.75) is 33.2 Å². The van der Waals surface area contributed by atoms with Gasteiger partial charge in [-0.15, -0.1) is 0 Å². The highest BCUT2D eigenvalue weighted by atomic mass is 16.5. The van der Waals surface area contributed by atoms with Gasteiger partial charge in [-0.25, -0.2) is 19.7 Å². The van der Waals surface area contributed by atoms with E-state index in [1.165, 1.54) is 10.1 Å². The monoisotopic (exact) mass is 390 g/mol. The van der Waals surface area contributed by atoms with Crippen LogP contribution in [0.3, 0.4) is 0 Å². The zero-order valence-corrected chi connectivity index (χ0v) is 16.3. The number of nitrogen functional groups attached to an aromatic ring is 1. The molecule has 8 heteroatoms. The summed E-state index contributed by atoms with van der Waals surface area (Å²) in [5, 5.41) is 0. The average Bonchev–Trinajstić information content (AvgIpc) is 3.01. The van der Waals surface area contributed by atoms with Gasteiger partial charge in [-0.05, 0) is 36.6 Å². The van der Waals surface area contributed by atoms with Crippen molar-refractivity contribution in [3.8, 4) is 11.6 Å². The van der Waals surface area contributed by atoms with Gasteiger partial charge in [-0.2, -0.15) is 0 Å². The molecule has 0 atom stereocenters. The van der Waals surface area contributed by atoms with Gasteiger partial charge >= 0.3 is 5.69 Å². The number of anilines is 1. The van der Waals surface area contributed by atoms with Crippen molar-refractivity contribution in [2.24, 2.45) is 0 Å². The first-order chi connectivity index (χ1) is 14.0. The second kappa shape index (κ2) is 7.75. The van der Waals surface area contributed by atoms with Gasteiger partial charge in [-0.1, -0.05) is 31.5 Å². The van der Waals surface area contributed by atoms with E-state index in [0.717, 1.165) is 24.2 Å². The molecule has 4 aromatic rings. The molecule has 0 aliphatic carbocycles. The van der Waals surface area contributed by atoms with Gasteiger partial charge in [0.2, 0.25) is 5.88 Å². The zero-order valence-electron chi connectivity index (χ0n) is 16.3. The van der Waals surface area contributed by atoms with Crippen LogP contribution in [0.2, 0.25) is 0 Å². The van der Waals surface area contributed by atoms with Gasteiger partial charge in [0, 0.05) is 12.3 Å². The Morgan fingerprint density at radius 3 is 2.55 bits per heavy atom. The van der Waals surface area contributed by atoms with Crippen LogP contribution in [-0.4, -0.2) is 24.5 Å². The highest BCUT2D eigenvalue weighted by Crippen LogP contribution is 2.21. The number of benzene rings is 1. The van der Waals surface area contributed by atoms with Gasteiger partial charge in [0.05, 0.1) is 6.54 Å². The summed E-state index contributed by atoms with van der Waals surface area (Å²) < 4.78 is 7.32. The quantitative estimate of drug-likeness (QED) is 0.523. The number of pyridine rings is 1. The van der Waals surface area contributed by atoms with E-state index in [1.54, 1.807) is 19.2 Å². The number of imidazole rings is 1. The Morgan fingerprint density at radius 2 is 1.86 bits per heavy atom. The fraction of sp³-hybridized carbons (Fsp3) is 0.238. The molecule has 0 saturated carbocycles. The van der Waals surface area contributed by atoms with E-state index in [2.05, 4.69) is 39.0 Å². The lowest BCUT2D eigenvalue weighted by Crippen LogP contribution is -2.18.